The van der Waals surface area contributed by atoms with Crippen LogP contribution in [0.2, 0.25) is 0 Å². The summed E-state index contributed by atoms with van der Waals surface area (Å²) < 4.78 is 11.9. The molecule has 0 saturated carbocycles. The minimum absolute atomic E-state index is 0.0990. The first-order valence-corrected chi connectivity index (χ1v) is 7.33. The van der Waals surface area contributed by atoms with Crippen molar-refractivity contribution in [3.8, 4) is 22.8 Å². The Balaban J connectivity index is 2.46. The normalized spacial score (nSPS) is 10.8. The summed E-state index contributed by atoms with van der Waals surface area (Å²) in [5, 5.41) is 25.6. The summed E-state index contributed by atoms with van der Waals surface area (Å²) in [4.78, 5) is 21.3. The average Bonchev–Trinajstić information content (AvgIpc) is 3.00. The Morgan fingerprint density at radius 1 is 1.20 bits per heavy atom. The molecule has 0 atom stereocenters. The molecule has 0 N–H and O–H groups in total. The number of hydrogen-bond donors (Lipinski definition) is 0. The monoisotopic (exact) mass is 344 g/mol. The van der Waals surface area contributed by atoms with Gasteiger partial charge in [0.25, 0.3) is 0 Å². The number of hydrogen-bond acceptors (Lipinski definition) is 7. The molecule has 0 bridgehead atoms. The maximum atomic E-state index is 10.7. The van der Waals surface area contributed by atoms with Crippen LogP contribution in [0.3, 0.4) is 0 Å². The third-order valence-corrected chi connectivity index (χ3v) is 3.39. The van der Waals surface area contributed by atoms with E-state index in [1.54, 1.807) is 24.4 Å². The number of methoxy groups -OCH3 is 2. The second kappa shape index (κ2) is 8.00. The summed E-state index contributed by atoms with van der Waals surface area (Å²) in [6.45, 7) is 0.0990. The van der Waals surface area contributed by atoms with Gasteiger partial charge in [-0.15, -0.1) is 0 Å². The van der Waals surface area contributed by atoms with Gasteiger partial charge in [-0.1, -0.05) is 0 Å². The second-order valence-electron chi connectivity index (χ2n) is 5.04. The summed E-state index contributed by atoms with van der Waals surface area (Å²) in [5.74, 6) is -1.52. The van der Waals surface area contributed by atoms with Crippen LogP contribution in [0.4, 0.5) is 0 Å². The molecule has 1 aromatic carbocycles. The zero-order chi connectivity index (χ0) is 18.4. The van der Waals surface area contributed by atoms with Crippen LogP contribution in [0.25, 0.3) is 17.3 Å². The molecular formula is C17H16N2O6-2. The van der Waals surface area contributed by atoms with E-state index in [4.69, 9.17) is 9.47 Å². The molecule has 132 valence electrons. The largest absolute Gasteiger partial charge is 0.550 e. The van der Waals surface area contributed by atoms with E-state index in [2.05, 4.69) is 5.10 Å². The third-order valence-electron chi connectivity index (χ3n) is 3.39. The van der Waals surface area contributed by atoms with Gasteiger partial charge in [0.15, 0.2) is 11.5 Å². The number of nitrogens with zero attached hydrogens (tertiary/aromatic N) is 2. The van der Waals surface area contributed by atoms with Crippen molar-refractivity contribution >= 4 is 18.0 Å². The first-order valence-electron chi connectivity index (χ1n) is 7.33. The number of carboxylic acid groups (broad SMARTS) is 2. The number of ether oxygens (including phenoxy) is 2. The Hall–Kier alpha value is -3.29. The predicted molar refractivity (Wildman–Crippen MR) is 84.4 cm³/mol. The van der Waals surface area contributed by atoms with Crippen molar-refractivity contribution in [2.75, 3.05) is 14.2 Å². The SMILES string of the molecule is COc1ccc(-c2nn(CCC(=O)[O-])cc2/C=C/C(=O)[O-])cc1OC. The minimum atomic E-state index is -1.35. The first kappa shape index (κ1) is 18.1. The van der Waals surface area contributed by atoms with Gasteiger partial charge in [-0.05, 0) is 30.4 Å². The van der Waals surface area contributed by atoms with Crippen LogP contribution in [0.1, 0.15) is 12.0 Å². The van der Waals surface area contributed by atoms with Gasteiger partial charge in [0, 0.05) is 36.3 Å². The maximum Gasteiger partial charge on any atom is 0.161 e. The molecule has 0 radical (unpaired) electrons. The summed E-state index contributed by atoms with van der Waals surface area (Å²) in [6, 6.07) is 5.13. The molecule has 0 amide bonds. The fourth-order valence-electron chi connectivity index (χ4n) is 2.24. The number of carboxylic acids is 2. The zero-order valence-corrected chi connectivity index (χ0v) is 13.7. The number of carbonyl (C=O) groups is 2. The third kappa shape index (κ3) is 4.60. The molecule has 0 unspecified atom stereocenters. The topological polar surface area (TPSA) is 117 Å². The van der Waals surface area contributed by atoms with Gasteiger partial charge in [0.2, 0.25) is 0 Å². The van der Waals surface area contributed by atoms with Crippen molar-refractivity contribution in [1.29, 1.82) is 0 Å². The molecular weight excluding hydrogens is 328 g/mol. The first-order chi connectivity index (χ1) is 11.9. The van der Waals surface area contributed by atoms with Crippen molar-refractivity contribution in [2.24, 2.45) is 0 Å². The molecule has 0 aliphatic carbocycles. The van der Waals surface area contributed by atoms with E-state index in [9.17, 15) is 19.8 Å². The Labute approximate surface area is 143 Å². The molecule has 25 heavy (non-hydrogen) atoms. The van der Waals surface area contributed by atoms with Gasteiger partial charge in [-0.25, -0.2) is 0 Å². The molecule has 2 rings (SSSR count). The molecule has 2 aromatic rings. The van der Waals surface area contributed by atoms with E-state index in [-0.39, 0.29) is 13.0 Å². The van der Waals surface area contributed by atoms with Crippen molar-refractivity contribution in [3.63, 3.8) is 0 Å². The summed E-state index contributed by atoms with van der Waals surface area (Å²) in [7, 11) is 3.01. The smallest absolute Gasteiger partial charge is 0.161 e. The maximum absolute atomic E-state index is 10.7. The molecule has 1 heterocycles. The van der Waals surface area contributed by atoms with Gasteiger partial charge in [0.1, 0.15) is 0 Å². The summed E-state index contributed by atoms with van der Waals surface area (Å²) >= 11 is 0. The molecule has 0 spiro atoms. The lowest BCUT2D eigenvalue weighted by Gasteiger charge is -2.09. The molecule has 0 fully saturated rings. The standard InChI is InChI=1S/C17H18N2O6/c1-24-13-5-3-11(9-14(13)25-2)17-12(4-6-15(20)21)10-19(18-17)8-7-16(22)23/h3-6,9-10H,7-8H2,1-2H3,(H,20,21)(H,22,23)/p-2/b6-4+. The van der Waals surface area contributed by atoms with Crippen LogP contribution < -0.4 is 19.7 Å². The lowest BCUT2D eigenvalue weighted by molar-refractivity contribution is -0.306. The Bertz CT molecular complexity index is 809. The molecule has 0 aliphatic rings. The van der Waals surface area contributed by atoms with E-state index in [0.29, 0.717) is 28.3 Å². The van der Waals surface area contributed by atoms with Crippen LogP contribution in [0.5, 0.6) is 11.5 Å². The van der Waals surface area contributed by atoms with E-state index >= 15 is 0 Å². The minimum Gasteiger partial charge on any atom is -0.550 e. The van der Waals surface area contributed by atoms with Gasteiger partial charge in [-0.2, -0.15) is 5.10 Å². The number of carbonyl (C=O) groups excluding carboxylic acids is 2. The van der Waals surface area contributed by atoms with Crippen molar-refractivity contribution in [3.05, 3.63) is 36.0 Å². The van der Waals surface area contributed by atoms with Gasteiger partial charge in [0.05, 0.1) is 25.9 Å². The van der Waals surface area contributed by atoms with E-state index in [1.807, 2.05) is 0 Å². The predicted octanol–water partition coefficient (Wildman–Crippen LogP) is -0.530. The number of aliphatic carboxylic acids is 2. The molecule has 1 aromatic heterocycles. The number of rotatable bonds is 8. The Morgan fingerprint density at radius 3 is 2.52 bits per heavy atom. The molecule has 8 nitrogen and oxygen atoms in total. The summed E-state index contributed by atoms with van der Waals surface area (Å²) in [6.07, 6.45) is 3.55. The number of aryl methyl sites for hydroxylation is 1. The number of benzene rings is 1. The highest BCUT2D eigenvalue weighted by Gasteiger charge is 2.13. The quantitative estimate of drug-likeness (QED) is 0.591. The molecule has 0 saturated heterocycles. The average molecular weight is 344 g/mol. The Morgan fingerprint density at radius 2 is 1.92 bits per heavy atom. The fourth-order valence-corrected chi connectivity index (χ4v) is 2.24. The van der Waals surface area contributed by atoms with Crippen LogP contribution in [-0.2, 0) is 16.1 Å². The van der Waals surface area contributed by atoms with Crippen molar-refractivity contribution in [2.45, 2.75) is 13.0 Å². The van der Waals surface area contributed by atoms with Crippen molar-refractivity contribution in [1.82, 2.24) is 9.78 Å². The molecule has 8 heteroatoms. The second-order valence-corrected chi connectivity index (χ2v) is 5.04. The van der Waals surface area contributed by atoms with Crippen molar-refractivity contribution < 1.29 is 29.3 Å². The van der Waals surface area contributed by atoms with E-state index < -0.39 is 11.9 Å². The van der Waals surface area contributed by atoms with Crippen LogP contribution in [0, 0.1) is 0 Å². The van der Waals surface area contributed by atoms with Crippen LogP contribution in [-0.4, -0.2) is 35.9 Å². The highest BCUT2D eigenvalue weighted by Crippen LogP contribution is 2.33. The van der Waals surface area contributed by atoms with Gasteiger partial charge < -0.3 is 29.3 Å². The fraction of sp³-hybridized carbons (Fsp3) is 0.235. The zero-order valence-electron chi connectivity index (χ0n) is 13.7. The van der Waals surface area contributed by atoms with Crippen LogP contribution >= 0.6 is 0 Å². The highest BCUT2D eigenvalue weighted by molar-refractivity contribution is 5.86. The lowest BCUT2D eigenvalue weighted by atomic mass is 10.1. The Kier molecular flexibility index (Phi) is 5.78. The van der Waals surface area contributed by atoms with Crippen LogP contribution in [0.15, 0.2) is 30.5 Å². The summed E-state index contributed by atoms with van der Waals surface area (Å²) in [5.41, 5.74) is 1.62. The highest BCUT2D eigenvalue weighted by atomic mass is 16.5. The van der Waals surface area contributed by atoms with Gasteiger partial charge in [-0.3, -0.25) is 4.68 Å². The van der Waals surface area contributed by atoms with E-state index in [1.165, 1.54) is 25.0 Å². The number of aromatic nitrogens is 2. The lowest BCUT2D eigenvalue weighted by Crippen LogP contribution is -2.23. The van der Waals surface area contributed by atoms with E-state index in [0.717, 1.165) is 6.08 Å². The molecule has 0 aliphatic heterocycles. The van der Waals surface area contributed by atoms with Gasteiger partial charge >= 0.3 is 0 Å².